The van der Waals surface area contributed by atoms with Gasteiger partial charge in [0.2, 0.25) is 0 Å². The molecule has 21 heavy (non-hydrogen) atoms. The second-order valence-corrected chi connectivity index (χ2v) is 6.28. The van der Waals surface area contributed by atoms with Crippen LogP contribution < -0.4 is 0 Å². The van der Waals surface area contributed by atoms with Crippen LogP contribution in [0, 0.1) is 11.7 Å². The minimum atomic E-state index is -0.726. The van der Waals surface area contributed by atoms with Crippen molar-refractivity contribution in [2.75, 3.05) is 0 Å². The number of hydrogen-bond acceptors (Lipinski definition) is 3. The zero-order valence-corrected chi connectivity index (χ0v) is 12.3. The summed E-state index contributed by atoms with van der Waals surface area (Å²) in [6.45, 7) is 0. The van der Waals surface area contributed by atoms with E-state index in [0.29, 0.717) is 0 Å². The maximum atomic E-state index is 13.0. The predicted octanol–water partition coefficient (Wildman–Crippen LogP) is 4.31. The highest BCUT2D eigenvalue weighted by Gasteiger charge is 2.33. The average molecular weight is 305 g/mol. The van der Waals surface area contributed by atoms with Crippen LogP contribution >= 0.6 is 11.3 Å². The normalized spacial score (nSPS) is 22.1. The molecule has 0 amide bonds. The van der Waals surface area contributed by atoms with Crippen LogP contribution in [-0.4, -0.2) is 16.1 Å². The van der Waals surface area contributed by atoms with E-state index in [1.165, 1.54) is 23.5 Å². The number of carboxylic acids is 1. The maximum absolute atomic E-state index is 13.0. The molecule has 2 unspecified atom stereocenters. The van der Waals surface area contributed by atoms with Crippen LogP contribution in [0.1, 0.15) is 37.3 Å². The van der Waals surface area contributed by atoms with Gasteiger partial charge >= 0.3 is 5.97 Å². The maximum Gasteiger partial charge on any atom is 0.307 e. The van der Waals surface area contributed by atoms with E-state index in [2.05, 4.69) is 4.98 Å². The predicted molar refractivity (Wildman–Crippen MR) is 79.8 cm³/mol. The summed E-state index contributed by atoms with van der Waals surface area (Å²) < 4.78 is 13.0. The minimum absolute atomic E-state index is 0.00157. The number of thiazole rings is 1. The van der Waals surface area contributed by atoms with E-state index in [4.69, 9.17) is 0 Å². The number of nitrogens with zero attached hydrogens (tertiary/aromatic N) is 1. The Morgan fingerprint density at radius 1 is 1.24 bits per heavy atom. The Hall–Kier alpha value is -1.75. The van der Waals surface area contributed by atoms with Gasteiger partial charge in [-0.2, -0.15) is 0 Å². The van der Waals surface area contributed by atoms with Gasteiger partial charge in [0, 0.05) is 16.9 Å². The lowest BCUT2D eigenvalue weighted by Crippen LogP contribution is -2.25. The van der Waals surface area contributed by atoms with Gasteiger partial charge in [0.05, 0.1) is 11.6 Å². The second kappa shape index (κ2) is 5.93. The Morgan fingerprint density at radius 2 is 1.95 bits per heavy atom. The third kappa shape index (κ3) is 2.97. The fourth-order valence-electron chi connectivity index (χ4n) is 2.96. The standard InChI is InChI=1S/C16H16FNO2S/c17-11-7-5-10(6-8-11)15-18-14(9-21-15)12-3-1-2-4-13(12)16(19)20/h5-9,12-13H,1-4H2,(H,19,20). The Balaban J connectivity index is 1.86. The SMILES string of the molecule is O=C(O)C1CCCCC1c1csc(-c2ccc(F)cc2)n1. The Kier molecular flexibility index (Phi) is 4.01. The fourth-order valence-corrected chi connectivity index (χ4v) is 3.85. The minimum Gasteiger partial charge on any atom is -0.481 e. The molecule has 1 heterocycles. The van der Waals surface area contributed by atoms with Crippen molar-refractivity contribution >= 4 is 17.3 Å². The molecule has 110 valence electrons. The first-order chi connectivity index (χ1) is 10.1. The van der Waals surface area contributed by atoms with E-state index in [-0.39, 0.29) is 17.7 Å². The van der Waals surface area contributed by atoms with Gasteiger partial charge in [-0.1, -0.05) is 12.8 Å². The van der Waals surface area contributed by atoms with Crippen molar-refractivity contribution in [3.05, 3.63) is 41.2 Å². The Labute approximate surface area is 126 Å². The third-order valence-corrected chi connectivity index (χ3v) is 4.99. The fraction of sp³-hybridized carbons (Fsp3) is 0.375. The van der Waals surface area contributed by atoms with Gasteiger partial charge in [0.25, 0.3) is 0 Å². The van der Waals surface area contributed by atoms with Crippen LogP contribution in [0.5, 0.6) is 0 Å². The van der Waals surface area contributed by atoms with Crippen LogP contribution in [-0.2, 0) is 4.79 Å². The van der Waals surface area contributed by atoms with Gasteiger partial charge in [0.1, 0.15) is 10.8 Å². The quantitative estimate of drug-likeness (QED) is 0.919. The van der Waals surface area contributed by atoms with Crippen molar-refractivity contribution in [3.63, 3.8) is 0 Å². The van der Waals surface area contributed by atoms with E-state index in [1.54, 1.807) is 12.1 Å². The molecule has 1 aromatic heterocycles. The summed E-state index contributed by atoms with van der Waals surface area (Å²) >= 11 is 1.49. The van der Waals surface area contributed by atoms with E-state index >= 15 is 0 Å². The average Bonchev–Trinajstić information content (AvgIpc) is 2.97. The molecule has 1 aliphatic rings. The first kappa shape index (κ1) is 14.2. The van der Waals surface area contributed by atoms with Crippen LogP contribution in [0.25, 0.3) is 10.6 Å². The first-order valence-corrected chi connectivity index (χ1v) is 7.97. The highest BCUT2D eigenvalue weighted by molar-refractivity contribution is 7.13. The van der Waals surface area contributed by atoms with Crippen molar-refractivity contribution in [2.45, 2.75) is 31.6 Å². The molecule has 2 atom stereocenters. The molecule has 0 bridgehead atoms. The number of aliphatic carboxylic acids is 1. The van der Waals surface area contributed by atoms with Gasteiger partial charge in [0.15, 0.2) is 0 Å². The summed E-state index contributed by atoms with van der Waals surface area (Å²) in [6.07, 6.45) is 3.63. The molecule has 0 aliphatic heterocycles. The zero-order chi connectivity index (χ0) is 14.8. The summed E-state index contributed by atoms with van der Waals surface area (Å²) in [5.74, 6) is -1.33. The van der Waals surface area contributed by atoms with Gasteiger partial charge in [-0.25, -0.2) is 9.37 Å². The lowest BCUT2D eigenvalue weighted by Gasteiger charge is -2.27. The second-order valence-electron chi connectivity index (χ2n) is 5.42. The smallest absolute Gasteiger partial charge is 0.307 e. The Bertz CT molecular complexity index is 638. The number of hydrogen-bond donors (Lipinski definition) is 1. The Morgan fingerprint density at radius 3 is 2.67 bits per heavy atom. The summed E-state index contributed by atoms with van der Waals surface area (Å²) in [5, 5.41) is 12.1. The topological polar surface area (TPSA) is 50.2 Å². The van der Waals surface area contributed by atoms with E-state index in [9.17, 15) is 14.3 Å². The summed E-state index contributed by atoms with van der Waals surface area (Å²) in [5.41, 5.74) is 1.74. The monoisotopic (exact) mass is 305 g/mol. The lowest BCUT2D eigenvalue weighted by molar-refractivity contribution is -0.143. The highest BCUT2D eigenvalue weighted by Crippen LogP contribution is 2.39. The zero-order valence-electron chi connectivity index (χ0n) is 11.5. The molecule has 5 heteroatoms. The number of carboxylic acid groups (broad SMARTS) is 1. The van der Waals surface area contributed by atoms with Gasteiger partial charge in [-0.05, 0) is 37.1 Å². The number of aromatic nitrogens is 1. The number of rotatable bonds is 3. The van der Waals surface area contributed by atoms with E-state index in [1.807, 2.05) is 5.38 Å². The van der Waals surface area contributed by atoms with Crippen molar-refractivity contribution in [1.82, 2.24) is 4.98 Å². The molecule has 1 saturated carbocycles. The van der Waals surface area contributed by atoms with E-state index in [0.717, 1.165) is 41.9 Å². The molecule has 1 aliphatic carbocycles. The molecular formula is C16H16FNO2S. The molecule has 3 rings (SSSR count). The molecular weight excluding hydrogens is 289 g/mol. The van der Waals surface area contributed by atoms with Gasteiger partial charge < -0.3 is 5.11 Å². The molecule has 3 nitrogen and oxygen atoms in total. The van der Waals surface area contributed by atoms with Crippen LogP contribution in [0.3, 0.4) is 0 Å². The van der Waals surface area contributed by atoms with Crippen LogP contribution in [0.2, 0.25) is 0 Å². The van der Waals surface area contributed by atoms with Crippen molar-refractivity contribution in [2.24, 2.45) is 5.92 Å². The third-order valence-electron chi connectivity index (χ3n) is 4.08. The molecule has 0 radical (unpaired) electrons. The molecule has 1 N–H and O–H groups in total. The highest BCUT2D eigenvalue weighted by atomic mass is 32.1. The molecule has 0 saturated heterocycles. The van der Waals surface area contributed by atoms with Crippen molar-refractivity contribution < 1.29 is 14.3 Å². The number of halogens is 1. The van der Waals surface area contributed by atoms with E-state index < -0.39 is 5.97 Å². The first-order valence-electron chi connectivity index (χ1n) is 7.09. The largest absolute Gasteiger partial charge is 0.481 e. The van der Waals surface area contributed by atoms with Gasteiger partial charge in [-0.3, -0.25) is 4.79 Å². The van der Waals surface area contributed by atoms with Gasteiger partial charge in [-0.15, -0.1) is 11.3 Å². The van der Waals surface area contributed by atoms with Crippen molar-refractivity contribution in [1.29, 1.82) is 0 Å². The number of benzene rings is 1. The van der Waals surface area contributed by atoms with Crippen LogP contribution in [0.15, 0.2) is 29.6 Å². The molecule has 1 fully saturated rings. The van der Waals surface area contributed by atoms with Crippen LogP contribution in [0.4, 0.5) is 4.39 Å². The molecule has 0 spiro atoms. The summed E-state index contributed by atoms with van der Waals surface area (Å²) in [4.78, 5) is 16.0. The molecule has 1 aromatic carbocycles. The number of carbonyl (C=O) groups is 1. The summed E-state index contributed by atoms with van der Waals surface area (Å²) in [6, 6.07) is 6.23. The summed E-state index contributed by atoms with van der Waals surface area (Å²) in [7, 11) is 0. The molecule has 2 aromatic rings. The van der Waals surface area contributed by atoms with Crippen molar-refractivity contribution in [3.8, 4) is 10.6 Å². The lowest BCUT2D eigenvalue weighted by atomic mass is 9.78.